The first-order chi connectivity index (χ1) is 14.4. The lowest BCUT2D eigenvalue weighted by molar-refractivity contribution is -0.136. The molecule has 1 saturated carbocycles. The molecule has 2 aromatic carbocycles. The van der Waals surface area contributed by atoms with Crippen molar-refractivity contribution < 1.29 is 4.79 Å². The maximum atomic E-state index is 13.4. The Morgan fingerprint density at radius 1 is 1.13 bits per heavy atom. The lowest BCUT2D eigenvalue weighted by Gasteiger charge is -2.44. The van der Waals surface area contributed by atoms with Gasteiger partial charge in [0.25, 0.3) is 0 Å². The van der Waals surface area contributed by atoms with Crippen LogP contribution in [0.2, 0.25) is 10.0 Å². The van der Waals surface area contributed by atoms with Gasteiger partial charge in [-0.15, -0.1) is 0 Å². The third-order valence-electron chi connectivity index (χ3n) is 6.24. The van der Waals surface area contributed by atoms with Gasteiger partial charge in [0.1, 0.15) is 0 Å². The van der Waals surface area contributed by atoms with Crippen LogP contribution in [0.15, 0.2) is 54.6 Å². The number of halogens is 2. The quantitative estimate of drug-likeness (QED) is 0.497. The zero-order chi connectivity index (χ0) is 21.3. The zero-order valence-corrected chi connectivity index (χ0v) is 19.1. The number of rotatable bonds is 5. The summed E-state index contributed by atoms with van der Waals surface area (Å²) < 4.78 is 0. The monoisotopic (exact) mass is 442 g/mol. The van der Waals surface area contributed by atoms with E-state index in [9.17, 15) is 4.79 Å². The Balaban J connectivity index is 1.64. The van der Waals surface area contributed by atoms with Crippen molar-refractivity contribution in [2.45, 2.75) is 39.2 Å². The lowest BCUT2D eigenvalue weighted by atomic mass is 9.97. The summed E-state index contributed by atoms with van der Waals surface area (Å²) in [6, 6.07) is 14.3. The molecule has 2 aromatic rings. The van der Waals surface area contributed by atoms with Crippen molar-refractivity contribution in [3.05, 3.63) is 75.8 Å². The third kappa shape index (κ3) is 4.24. The van der Waals surface area contributed by atoms with Gasteiger partial charge in [-0.05, 0) is 49.9 Å². The molecule has 1 saturated heterocycles. The molecule has 1 aliphatic heterocycles. The van der Waals surface area contributed by atoms with E-state index >= 15 is 0 Å². The molecule has 1 amide bonds. The number of amides is 1. The highest BCUT2D eigenvalue weighted by molar-refractivity contribution is 6.36. The summed E-state index contributed by atoms with van der Waals surface area (Å²) in [5, 5.41) is 1.27. The Morgan fingerprint density at radius 3 is 2.50 bits per heavy atom. The molecule has 1 heterocycles. The van der Waals surface area contributed by atoms with Crippen LogP contribution in [0, 0.1) is 12.3 Å². The van der Waals surface area contributed by atoms with Gasteiger partial charge in [0.2, 0.25) is 5.91 Å². The van der Waals surface area contributed by atoms with E-state index in [1.165, 1.54) is 11.1 Å². The summed E-state index contributed by atoms with van der Waals surface area (Å²) in [6.45, 7) is 6.29. The Bertz CT molecular complexity index is 950. The summed E-state index contributed by atoms with van der Waals surface area (Å²) in [6.07, 6.45) is 7.15. The van der Waals surface area contributed by atoms with E-state index in [2.05, 4.69) is 60.1 Å². The number of hydrogen-bond acceptors (Lipinski definition) is 2. The van der Waals surface area contributed by atoms with Gasteiger partial charge < -0.3 is 9.80 Å². The number of carbonyl (C=O) groups excluding carboxylic acids is 1. The van der Waals surface area contributed by atoms with Crippen LogP contribution in [0.5, 0.6) is 0 Å². The molecule has 158 valence electrons. The lowest BCUT2D eigenvalue weighted by Crippen LogP contribution is -2.52. The molecule has 3 nitrogen and oxygen atoms in total. The van der Waals surface area contributed by atoms with Crippen molar-refractivity contribution in [3.63, 3.8) is 0 Å². The SMILES string of the molecule is CC/C=C/C1(C(=O)N2CCN(c3ccc(Cl)cc3Cl)C(c3ccc(C)cc3)C2)CC1. The predicted molar refractivity (Wildman–Crippen MR) is 125 cm³/mol. The molecule has 4 rings (SSSR count). The molecule has 1 unspecified atom stereocenters. The second-order valence-electron chi connectivity index (χ2n) is 8.43. The number of piperazine rings is 1. The second-order valence-corrected chi connectivity index (χ2v) is 9.28. The summed E-state index contributed by atoms with van der Waals surface area (Å²) in [4.78, 5) is 17.8. The van der Waals surface area contributed by atoms with Gasteiger partial charge in [-0.2, -0.15) is 0 Å². The van der Waals surface area contributed by atoms with Crippen LogP contribution >= 0.6 is 23.2 Å². The van der Waals surface area contributed by atoms with Crippen LogP contribution in [-0.2, 0) is 4.79 Å². The normalized spacial score (nSPS) is 20.6. The van der Waals surface area contributed by atoms with E-state index in [-0.39, 0.29) is 17.4 Å². The van der Waals surface area contributed by atoms with E-state index in [0.29, 0.717) is 23.1 Å². The molecule has 2 fully saturated rings. The van der Waals surface area contributed by atoms with Gasteiger partial charge in [0.15, 0.2) is 0 Å². The van der Waals surface area contributed by atoms with Crippen molar-refractivity contribution in [3.8, 4) is 0 Å². The number of aryl methyl sites for hydroxylation is 1. The van der Waals surface area contributed by atoms with Gasteiger partial charge in [0, 0.05) is 24.7 Å². The van der Waals surface area contributed by atoms with Crippen molar-refractivity contribution in [1.82, 2.24) is 4.90 Å². The Labute approximate surface area is 189 Å². The first-order valence-corrected chi connectivity index (χ1v) is 11.4. The molecule has 30 heavy (non-hydrogen) atoms. The van der Waals surface area contributed by atoms with Gasteiger partial charge >= 0.3 is 0 Å². The van der Waals surface area contributed by atoms with E-state index in [1.54, 1.807) is 6.07 Å². The van der Waals surface area contributed by atoms with Crippen LogP contribution in [0.3, 0.4) is 0 Å². The Morgan fingerprint density at radius 2 is 1.87 bits per heavy atom. The molecule has 2 aliphatic rings. The highest BCUT2D eigenvalue weighted by Crippen LogP contribution is 2.49. The highest BCUT2D eigenvalue weighted by atomic mass is 35.5. The van der Waals surface area contributed by atoms with Crippen LogP contribution in [0.25, 0.3) is 0 Å². The summed E-state index contributed by atoms with van der Waals surface area (Å²) >= 11 is 12.7. The smallest absolute Gasteiger partial charge is 0.232 e. The molecule has 0 radical (unpaired) electrons. The molecule has 1 atom stereocenters. The molecular weight excluding hydrogens is 415 g/mol. The van der Waals surface area contributed by atoms with Crippen LogP contribution in [0.1, 0.15) is 43.4 Å². The molecule has 1 aliphatic carbocycles. The minimum atomic E-state index is -0.270. The number of benzene rings is 2. The topological polar surface area (TPSA) is 23.6 Å². The first-order valence-electron chi connectivity index (χ1n) is 10.7. The van der Waals surface area contributed by atoms with E-state index in [4.69, 9.17) is 23.2 Å². The summed E-state index contributed by atoms with van der Waals surface area (Å²) in [5.41, 5.74) is 3.11. The van der Waals surface area contributed by atoms with Crippen LogP contribution in [0.4, 0.5) is 5.69 Å². The average molecular weight is 443 g/mol. The summed E-state index contributed by atoms with van der Waals surface area (Å²) in [5.74, 6) is 0.270. The number of hydrogen-bond donors (Lipinski definition) is 0. The average Bonchev–Trinajstić information content (AvgIpc) is 3.53. The number of nitrogens with zero attached hydrogens (tertiary/aromatic N) is 2. The molecule has 0 spiro atoms. The Hall–Kier alpha value is -1.97. The number of allylic oxidation sites excluding steroid dienone is 1. The van der Waals surface area contributed by atoms with Gasteiger partial charge in [-0.25, -0.2) is 0 Å². The van der Waals surface area contributed by atoms with Gasteiger partial charge in [0.05, 0.1) is 22.2 Å². The minimum absolute atomic E-state index is 0.0490. The maximum Gasteiger partial charge on any atom is 0.232 e. The van der Waals surface area contributed by atoms with E-state index < -0.39 is 0 Å². The Kier molecular flexibility index (Phi) is 6.13. The fourth-order valence-corrected chi connectivity index (χ4v) is 4.81. The standard InChI is InChI=1S/C25H28Cl2N2O/c1-3-4-11-25(12-13-25)24(30)28-14-15-29(22-10-9-20(26)16-21(22)27)23(17-28)19-7-5-18(2)6-8-19/h4-11,16,23H,3,12-15,17H2,1-2H3/b11-4+. The van der Waals surface area contributed by atoms with Gasteiger partial charge in [-0.1, -0.05) is 72.1 Å². The first kappa shape index (κ1) is 21.3. The van der Waals surface area contributed by atoms with Crippen molar-refractivity contribution in [2.24, 2.45) is 5.41 Å². The zero-order valence-electron chi connectivity index (χ0n) is 17.6. The largest absolute Gasteiger partial charge is 0.360 e. The van der Waals surface area contributed by atoms with Crippen molar-refractivity contribution in [1.29, 1.82) is 0 Å². The van der Waals surface area contributed by atoms with E-state index in [1.807, 2.05) is 12.1 Å². The predicted octanol–water partition coefficient (Wildman–Crippen LogP) is 6.44. The van der Waals surface area contributed by atoms with Crippen LogP contribution < -0.4 is 4.90 Å². The minimum Gasteiger partial charge on any atom is -0.360 e. The number of carbonyl (C=O) groups is 1. The highest BCUT2D eigenvalue weighted by Gasteiger charge is 2.50. The molecule has 0 aromatic heterocycles. The van der Waals surface area contributed by atoms with Crippen molar-refractivity contribution >= 4 is 34.8 Å². The molecular formula is C25H28Cl2N2O. The van der Waals surface area contributed by atoms with Crippen LogP contribution in [-0.4, -0.2) is 30.4 Å². The fraction of sp³-hybridized carbons (Fsp3) is 0.400. The fourth-order valence-electron chi connectivity index (χ4n) is 4.29. The molecule has 0 bridgehead atoms. The molecule has 0 N–H and O–H groups in total. The van der Waals surface area contributed by atoms with Crippen molar-refractivity contribution in [2.75, 3.05) is 24.5 Å². The second kappa shape index (κ2) is 8.64. The summed E-state index contributed by atoms with van der Waals surface area (Å²) in [7, 11) is 0. The number of anilines is 1. The molecule has 5 heteroatoms. The third-order valence-corrected chi connectivity index (χ3v) is 6.77. The van der Waals surface area contributed by atoms with E-state index in [0.717, 1.165) is 31.5 Å². The van der Waals surface area contributed by atoms with Gasteiger partial charge in [-0.3, -0.25) is 4.79 Å². The maximum absolute atomic E-state index is 13.4.